The Morgan fingerprint density at radius 1 is 1.23 bits per heavy atom. The monoisotopic (exact) mass is 175 g/mol. The summed E-state index contributed by atoms with van der Waals surface area (Å²) in [5.74, 6) is 0.579. The van der Waals surface area contributed by atoms with E-state index >= 15 is 0 Å². The average Bonchev–Trinajstić information content (AvgIpc) is 2.53. The van der Waals surface area contributed by atoms with Crippen LogP contribution in [0.2, 0.25) is 0 Å². The largest absolute Gasteiger partial charge is 0.396 e. The van der Waals surface area contributed by atoms with E-state index in [1.165, 1.54) is 0 Å². The van der Waals surface area contributed by atoms with Gasteiger partial charge in [-0.3, -0.25) is 4.57 Å². The molecule has 0 aliphatic rings. The van der Waals surface area contributed by atoms with Crippen molar-refractivity contribution in [1.82, 2.24) is 19.5 Å². The first-order valence-electron chi connectivity index (χ1n) is 3.84. The third kappa shape index (κ3) is 1.48. The molecule has 0 aromatic carbocycles. The molecule has 0 saturated heterocycles. The molecular weight excluding hydrogens is 166 g/mol. The highest BCUT2D eigenvalue weighted by molar-refractivity contribution is 5.32. The van der Waals surface area contributed by atoms with E-state index in [2.05, 4.69) is 15.0 Å². The van der Waals surface area contributed by atoms with Crippen molar-refractivity contribution in [1.29, 1.82) is 0 Å². The lowest BCUT2D eigenvalue weighted by Crippen LogP contribution is -1.99. The van der Waals surface area contributed by atoms with Gasteiger partial charge in [-0.05, 0) is 6.92 Å². The predicted molar refractivity (Wildman–Crippen MR) is 48.3 cm³/mol. The van der Waals surface area contributed by atoms with Crippen molar-refractivity contribution in [3.63, 3.8) is 0 Å². The fourth-order valence-corrected chi connectivity index (χ4v) is 0.995. The SMILES string of the molecule is Cc1cn(-c2ncc(N)cn2)cn1. The van der Waals surface area contributed by atoms with Gasteiger partial charge < -0.3 is 5.73 Å². The molecule has 0 amide bonds. The van der Waals surface area contributed by atoms with Gasteiger partial charge in [-0.25, -0.2) is 15.0 Å². The topological polar surface area (TPSA) is 69.6 Å². The van der Waals surface area contributed by atoms with E-state index in [4.69, 9.17) is 5.73 Å². The van der Waals surface area contributed by atoms with Crippen LogP contribution in [0.3, 0.4) is 0 Å². The summed E-state index contributed by atoms with van der Waals surface area (Å²) in [5, 5.41) is 0. The van der Waals surface area contributed by atoms with Gasteiger partial charge in [0.1, 0.15) is 6.33 Å². The first-order chi connectivity index (χ1) is 6.25. The van der Waals surface area contributed by atoms with E-state index < -0.39 is 0 Å². The van der Waals surface area contributed by atoms with Gasteiger partial charge in [-0.2, -0.15) is 0 Å². The van der Waals surface area contributed by atoms with Crippen molar-refractivity contribution in [3.05, 3.63) is 30.6 Å². The van der Waals surface area contributed by atoms with Crippen molar-refractivity contribution in [2.45, 2.75) is 6.92 Å². The quantitative estimate of drug-likeness (QED) is 0.687. The number of nitrogen functional groups attached to an aromatic ring is 1. The zero-order chi connectivity index (χ0) is 9.26. The summed E-state index contributed by atoms with van der Waals surface area (Å²) in [6.07, 6.45) is 6.65. The Balaban J connectivity index is 2.41. The van der Waals surface area contributed by atoms with E-state index in [0.29, 0.717) is 11.6 Å². The fourth-order valence-electron chi connectivity index (χ4n) is 0.995. The molecule has 0 radical (unpaired) electrons. The van der Waals surface area contributed by atoms with Gasteiger partial charge in [0.2, 0.25) is 5.95 Å². The first kappa shape index (κ1) is 7.72. The van der Waals surface area contributed by atoms with E-state index in [0.717, 1.165) is 5.69 Å². The van der Waals surface area contributed by atoms with Crippen LogP contribution < -0.4 is 5.73 Å². The summed E-state index contributed by atoms with van der Waals surface area (Å²) < 4.78 is 1.74. The lowest BCUT2D eigenvalue weighted by Gasteiger charge is -1.98. The Morgan fingerprint density at radius 3 is 2.46 bits per heavy atom. The number of anilines is 1. The number of nitrogens with zero attached hydrogens (tertiary/aromatic N) is 4. The molecule has 5 nitrogen and oxygen atoms in total. The molecule has 0 spiro atoms. The van der Waals surface area contributed by atoms with Gasteiger partial charge in [0, 0.05) is 6.20 Å². The third-order valence-corrected chi connectivity index (χ3v) is 1.60. The minimum Gasteiger partial charge on any atom is -0.396 e. The fraction of sp³-hybridized carbons (Fsp3) is 0.125. The lowest BCUT2D eigenvalue weighted by atomic mass is 10.5. The van der Waals surface area contributed by atoms with Gasteiger partial charge >= 0.3 is 0 Å². The highest BCUT2D eigenvalue weighted by Gasteiger charge is 1.98. The second-order valence-electron chi connectivity index (χ2n) is 2.74. The maximum Gasteiger partial charge on any atom is 0.234 e. The molecule has 0 unspecified atom stereocenters. The molecule has 66 valence electrons. The van der Waals surface area contributed by atoms with Crippen LogP contribution in [0.25, 0.3) is 5.95 Å². The Labute approximate surface area is 75.3 Å². The number of hydrogen-bond donors (Lipinski definition) is 1. The van der Waals surface area contributed by atoms with Gasteiger partial charge in [0.05, 0.1) is 23.8 Å². The van der Waals surface area contributed by atoms with Crippen molar-refractivity contribution < 1.29 is 0 Å². The summed E-state index contributed by atoms with van der Waals surface area (Å²) in [5.41, 5.74) is 6.95. The normalized spacial score (nSPS) is 10.2. The number of hydrogen-bond acceptors (Lipinski definition) is 4. The Bertz CT molecular complexity index is 403. The molecule has 2 rings (SSSR count). The molecule has 0 aliphatic heterocycles. The molecule has 0 atom stereocenters. The Morgan fingerprint density at radius 2 is 1.92 bits per heavy atom. The van der Waals surface area contributed by atoms with E-state index in [-0.39, 0.29) is 0 Å². The van der Waals surface area contributed by atoms with Gasteiger partial charge in [-0.1, -0.05) is 0 Å². The highest BCUT2D eigenvalue weighted by Crippen LogP contribution is 2.03. The van der Waals surface area contributed by atoms with E-state index in [9.17, 15) is 0 Å². The van der Waals surface area contributed by atoms with Crippen LogP contribution in [-0.4, -0.2) is 19.5 Å². The molecule has 0 aliphatic carbocycles. The van der Waals surface area contributed by atoms with Gasteiger partial charge in [0.15, 0.2) is 0 Å². The van der Waals surface area contributed by atoms with Gasteiger partial charge in [0.25, 0.3) is 0 Å². The average molecular weight is 175 g/mol. The second kappa shape index (κ2) is 2.85. The van der Waals surface area contributed by atoms with Crippen LogP contribution in [0, 0.1) is 6.92 Å². The van der Waals surface area contributed by atoms with E-state index in [1.54, 1.807) is 23.3 Å². The first-order valence-corrected chi connectivity index (χ1v) is 3.84. The molecule has 5 heteroatoms. The van der Waals surface area contributed by atoms with Crippen molar-refractivity contribution in [2.75, 3.05) is 5.73 Å². The molecule has 0 fully saturated rings. The molecule has 2 heterocycles. The van der Waals surface area contributed by atoms with Crippen LogP contribution in [-0.2, 0) is 0 Å². The molecule has 0 bridgehead atoms. The minimum absolute atomic E-state index is 0.556. The van der Waals surface area contributed by atoms with Crippen LogP contribution in [0.15, 0.2) is 24.9 Å². The third-order valence-electron chi connectivity index (χ3n) is 1.60. The number of imidazole rings is 1. The molecular formula is C8H9N5. The van der Waals surface area contributed by atoms with Crippen molar-refractivity contribution >= 4 is 5.69 Å². The summed E-state index contributed by atoms with van der Waals surface area (Å²) in [6, 6.07) is 0. The summed E-state index contributed by atoms with van der Waals surface area (Å²) in [7, 11) is 0. The molecule has 2 aromatic rings. The van der Waals surface area contributed by atoms with Crippen molar-refractivity contribution in [3.8, 4) is 5.95 Å². The van der Waals surface area contributed by atoms with Crippen molar-refractivity contribution in [2.24, 2.45) is 0 Å². The number of aromatic nitrogens is 4. The molecule has 13 heavy (non-hydrogen) atoms. The predicted octanol–water partition coefficient (Wildman–Crippen LogP) is 0.553. The summed E-state index contributed by atoms with van der Waals surface area (Å²) in [6.45, 7) is 1.91. The lowest BCUT2D eigenvalue weighted by molar-refractivity contribution is 0.927. The smallest absolute Gasteiger partial charge is 0.234 e. The maximum atomic E-state index is 5.46. The second-order valence-corrected chi connectivity index (χ2v) is 2.74. The zero-order valence-corrected chi connectivity index (χ0v) is 7.18. The summed E-state index contributed by atoms with van der Waals surface area (Å²) in [4.78, 5) is 12.2. The van der Waals surface area contributed by atoms with Crippen LogP contribution in [0.4, 0.5) is 5.69 Å². The Kier molecular flexibility index (Phi) is 1.70. The van der Waals surface area contributed by atoms with Crippen LogP contribution in [0.5, 0.6) is 0 Å². The van der Waals surface area contributed by atoms with Crippen LogP contribution >= 0.6 is 0 Å². The summed E-state index contributed by atoms with van der Waals surface area (Å²) >= 11 is 0. The highest BCUT2D eigenvalue weighted by atomic mass is 15.2. The van der Waals surface area contributed by atoms with E-state index in [1.807, 2.05) is 13.1 Å². The number of rotatable bonds is 1. The van der Waals surface area contributed by atoms with Gasteiger partial charge in [-0.15, -0.1) is 0 Å². The van der Waals surface area contributed by atoms with Crippen LogP contribution in [0.1, 0.15) is 5.69 Å². The minimum atomic E-state index is 0.556. The molecule has 0 saturated carbocycles. The standard InChI is InChI=1S/C8H9N5/c1-6-4-13(5-12-6)8-10-2-7(9)3-11-8/h2-5H,9H2,1H3. The zero-order valence-electron chi connectivity index (χ0n) is 7.18. The number of aryl methyl sites for hydroxylation is 1. The molecule has 2 aromatic heterocycles. The Hall–Kier alpha value is -1.91. The number of nitrogens with two attached hydrogens (primary N) is 1. The molecule has 2 N–H and O–H groups in total. The maximum absolute atomic E-state index is 5.46.